The Balaban J connectivity index is 1.92. The van der Waals surface area contributed by atoms with Gasteiger partial charge in [-0.15, -0.1) is 11.3 Å². The Hall–Kier alpha value is -1.88. The number of carbonyl (C=O) groups is 1. The molecule has 2 atom stereocenters. The maximum atomic E-state index is 12.0. The van der Waals surface area contributed by atoms with Gasteiger partial charge in [-0.2, -0.15) is 0 Å². The zero-order chi connectivity index (χ0) is 15.7. The molecule has 0 radical (unpaired) electrons. The zero-order valence-electron chi connectivity index (χ0n) is 13.2. The summed E-state index contributed by atoms with van der Waals surface area (Å²) < 4.78 is 0. The number of rotatable bonds is 3. The van der Waals surface area contributed by atoms with Crippen LogP contribution < -0.4 is 10.2 Å². The van der Waals surface area contributed by atoms with Crippen molar-refractivity contribution >= 4 is 28.1 Å². The molecule has 22 heavy (non-hydrogen) atoms. The number of amides is 1. The first-order chi connectivity index (χ1) is 10.6. The number of anilines is 2. The Kier molecular flexibility index (Phi) is 4.16. The van der Waals surface area contributed by atoms with E-state index in [4.69, 9.17) is 0 Å². The van der Waals surface area contributed by atoms with Gasteiger partial charge in [0.1, 0.15) is 0 Å². The topological polar surface area (TPSA) is 45.2 Å². The van der Waals surface area contributed by atoms with Crippen molar-refractivity contribution < 1.29 is 4.79 Å². The predicted molar refractivity (Wildman–Crippen MR) is 91.5 cm³/mol. The van der Waals surface area contributed by atoms with E-state index in [0.29, 0.717) is 0 Å². The molecule has 2 heterocycles. The number of fused-ring (bicyclic) bond motifs is 1. The molecule has 1 aliphatic rings. The molecule has 4 nitrogen and oxygen atoms in total. The van der Waals surface area contributed by atoms with E-state index in [1.807, 2.05) is 23.1 Å². The SMILES string of the molecule is CCc1csc(N[C@H]2C[C@@H](C)N(C(C)=O)c3ccccc32)n1. The molecule has 0 unspecified atom stereocenters. The maximum absolute atomic E-state index is 12.0. The highest BCUT2D eigenvalue weighted by molar-refractivity contribution is 7.13. The normalized spacial score (nSPS) is 20.6. The number of nitrogens with zero attached hydrogens (tertiary/aromatic N) is 2. The fourth-order valence-corrected chi connectivity index (χ4v) is 3.96. The third-order valence-electron chi connectivity index (χ3n) is 4.14. The van der Waals surface area contributed by atoms with E-state index < -0.39 is 0 Å². The van der Waals surface area contributed by atoms with Crippen molar-refractivity contribution in [3.05, 3.63) is 40.9 Å². The van der Waals surface area contributed by atoms with Crippen LogP contribution in [0.5, 0.6) is 0 Å². The van der Waals surface area contributed by atoms with Gasteiger partial charge < -0.3 is 10.2 Å². The van der Waals surface area contributed by atoms with Crippen molar-refractivity contribution in [2.24, 2.45) is 0 Å². The maximum Gasteiger partial charge on any atom is 0.224 e. The van der Waals surface area contributed by atoms with Gasteiger partial charge in [0.25, 0.3) is 0 Å². The number of carbonyl (C=O) groups excluding carboxylic acids is 1. The molecule has 3 rings (SSSR count). The highest BCUT2D eigenvalue weighted by atomic mass is 32.1. The molecule has 0 saturated carbocycles. The Bertz CT molecular complexity index is 682. The lowest BCUT2D eigenvalue weighted by Gasteiger charge is -2.39. The van der Waals surface area contributed by atoms with Crippen molar-refractivity contribution in [2.45, 2.75) is 45.7 Å². The second-order valence-electron chi connectivity index (χ2n) is 5.73. The van der Waals surface area contributed by atoms with Crippen LogP contribution in [-0.2, 0) is 11.2 Å². The van der Waals surface area contributed by atoms with E-state index in [1.54, 1.807) is 18.3 Å². The minimum atomic E-state index is 0.0981. The van der Waals surface area contributed by atoms with Gasteiger partial charge in [-0.1, -0.05) is 25.1 Å². The first-order valence-corrected chi connectivity index (χ1v) is 8.57. The van der Waals surface area contributed by atoms with E-state index >= 15 is 0 Å². The molecule has 1 amide bonds. The second kappa shape index (κ2) is 6.08. The van der Waals surface area contributed by atoms with Gasteiger partial charge in [0.05, 0.1) is 11.7 Å². The van der Waals surface area contributed by atoms with Crippen molar-refractivity contribution in [3.8, 4) is 0 Å². The lowest BCUT2D eigenvalue weighted by atomic mass is 9.92. The van der Waals surface area contributed by atoms with Gasteiger partial charge in [0.2, 0.25) is 5.91 Å². The lowest BCUT2D eigenvalue weighted by molar-refractivity contribution is -0.117. The Morgan fingerprint density at radius 1 is 1.45 bits per heavy atom. The summed E-state index contributed by atoms with van der Waals surface area (Å²) in [4.78, 5) is 18.5. The van der Waals surface area contributed by atoms with Crippen LogP contribution in [0, 0.1) is 0 Å². The first-order valence-electron chi connectivity index (χ1n) is 7.69. The lowest BCUT2D eigenvalue weighted by Crippen LogP contribution is -2.43. The van der Waals surface area contributed by atoms with Crippen molar-refractivity contribution in [2.75, 3.05) is 10.2 Å². The average Bonchev–Trinajstić information content (AvgIpc) is 2.94. The summed E-state index contributed by atoms with van der Waals surface area (Å²) in [5.74, 6) is 0.0981. The van der Waals surface area contributed by atoms with Crippen molar-refractivity contribution in [1.82, 2.24) is 4.98 Å². The molecule has 0 fully saturated rings. The van der Waals surface area contributed by atoms with Gasteiger partial charge in [0.15, 0.2) is 5.13 Å². The van der Waals surface area contributed by atoms with Crippen molar-refractivity contribution in [1.29, 1.82) is 0 Å². The minimum absolute atomic E-state index is 0.0981. The average molecular weight is 315 g/mol. The monoisotopic (exact) mass is 315 g/mol. The summed E-state index contributed by atoms with van der Waals surface area (Å²) >= 11 is 1.65. The van der Waals surface area contributed by atoms with Gasteiger partial charge in [-0.25, -0.2) is 4.98 Å². The first kappa shape index (κ1) is 15.0. The predicted octanol–water partition coefficient (Wildman–Crippen LogP) is 4.00. The van der Waals surface area contributed by atoms with Crippen LogP contribution >= 0.6 is 11.3 Å². The number of aryl methyl sites for hydroxylation is 1. The van der Waals surface area contributed by atoms with Crippen LogP contribution in [0.25, 0.3) is 0 Å². The molecule has 116 valence electrons. The van der Waals surface area contributed by atoms with E-state index in [0.717, 1.165) is 29.4 Å². The summed E-state index contributed by atoms with van der Waals surface area (Å²) in [6.45, 7) is 5.85. The summed E-state index contributed by atoms with van der Waals surface area (Å²) in [7, 11) is 0. The van der Waals surface area contributed by atoms with Crippen LogP contribution in [0.2, 0.25) is 0 Å². The summed E-state index contributed by atoms with van der Waals surface area (Å²) in [6, 6.07) is 8.51. The molecule has 1 aliphatic heterocycles. The van der Waals surface area contributed by atoms with E-state index in [9.17, 15) is 4.79 Å². The fraction of sp³-hybridized carbons (Fsp3) is 0.412. The highest BCUT2D eigenvalue weighted by Crippen LogP contribution is 2.39. The third-order valence-corrected chi connectivity index (χ3v) is 4.96. The number of aromatic nitrogens is 1. The van der Waals surface area contributed by atoms with Crippen molar-refractivity contribution in [3.63, 3.8) is 0 Å². The zero-order valence-corrected chi connectivity index (χ0v) is 14.0. The molecule has 0 spiro atoms. The number of thiazole rings is 1. The van der Waals surface area contributed by atoms with Gasteiger partial charge in [-0.05, 0) is 31.4 Å². The standard InChI is InChI=1S/C17H21N3OS/c1-4-13-10-22-17(18-13)19-15-9-11(2)20(12(3)21)16-8-6-5-7-14(15)16/h5-8,10-11,15H,4,9H2,1-3H3,(H,18,19)/t11-,15+/m1/s1. The smallest absolute Gasteiger partial charge is 0.224 e. The third kappa shape index (κ3) is 2.73. The molecule has 0 saturated heterocycles. The summed E-state index contributed by atoms with van der Waals surface area (Å²) in [5.41, 5.74) is 3.30. The quantitative estimate of drug-likeness (QED) is 0.931. The van der Waals surface area contributed by atoms with Crippen LogP contribution in [0.1, 0.15) is 44.5 Å². The number of hydrogen-bond donors (Lipinski definition) is 1. The van der Waals surface area contributed by atoms with E-state index in [-0.39, 0.29) is 18.0 Å². The second-order valence-corrected chi connectivity index (χ2v) is 6.59. The molecule has 1 aromatic heterocycles. The summed E-state index contributed by atoms with van der Waals surface area (Å²) in [6.07, 6.45) is 1.84. The Labute approximate surface area is 135 Å². The number of nitrogens with one attached hydrogen (secondary N) is 1. The molecule has 5 heteroatoms. The number of para-hydroxylation sites is 1. The molecule has 1 aromatic carbocycles. The molecule has 0 aliphatic carbocycles. The van der Waals surface area contributed by atoms with E-state index in [2.05, 4.69) is 35.6 Å². The van der Waals surface area contributed by atoms with Crippen LogP contribution in [0.3, 0.4) is 0 Å². The molecule has 1 N–H and O–H groups in total. The molecular formula is C17H21N3OS. The Morgan fingerprint density at radius 3 is 2.91 bits per heavy atom. The molecule has 0 bridgehead atoms. The fourth-order valence-electron chi connectivity index (χ4n) is 3.11. The van der Waals surface area contributed by atoms with Crippen LogP contribution in [0.15, 0.2) is 29.6 Å². The minimum Gasteiger partial charge on any atom is -0.355 e. The van der Waals surface area contributed by atoms with Gasteiger partial charge >= 0.3 is 0 Å². The van der Waals surface area contributed by atoms with E-state index in [1.165, 1.54) is 5.56 Å². The van der Waals surface area contributed by atoms with Gasteiger partial charge in [-0.3, -0.25) is 4.79 Å². The summed E-state index contributed by atoms with van der Waals surface area (Å²) in [5, 5.41) is 6.61. The van der Waals surface area contributed by atoms with Crippen LogP contribution in [0.4, 0.5) is 10.8 Å². The number of benzene rings is 1. The van der Waals surface area contributed by atoms with Crippen LogP contribution in [-0.4, -0.2) is 16.9 Å². The Morgan fingerprint density at radius 2 is 2.23 bits per heavy atom. The largest absolute Gasteiger partial charge is 0.355 e. The van der Waals surface area contributed by atoms with Gasteiger partial charge in [0, 0.05) is 24.0 Å². The molecular weight excluding hydrogens is 294 g/mol. The number of hydrogen-bond acceptors (Lipinski definition) is 4. The molecule has 2 aromatic rings. The highest BCUT2D eigenvalue weighted by Gasteiger charge is 2.32.